The van der Waals surface area contributed by atoms with Crippen LogP contribution < -0.4 is 0 Å². The van der Waals surface area contributed by atoms with E-state index < -0.39 is 6.09 Å². The van der Waals surface area contributed by atoms with Crippen LogP contribution in [-0.2, 0) is 0 Å². The molecule has 66 valence electrons. The predicted octanol–water partition coefficient (Wildman–Crippen LogP) is 1.27. The number of carbonyl (C=O) groups is 1. The molecule has 5 rings (SSSR count). The van der Waals surface area contributed by atoms with Crippen molar-refractivity contribution in [1.29, 1.82) is 0 Å². The highest BCUT2D eigenvalue weighted by Gasteiger charge is 2.96. The number of rotatable bonds is 0. The van der Waals surface area contributed by atoms with Crippen molar-refractivity contribution in [1.82, 2.24) is 4.90 Å². The van der Waals surface area contributed by atoms with E-state index in [1.807, 2.05) is 0 Å². The molecule has 5 unspecified atom stereocenters. The Balaban J connectivity index is 1.84. The largest absolute Gasteiger partial charge is 0.465 e. The summed E-state index contributed by atoms with van der Waals surface area (Å²) in [5.74, 6) is 2.18. The monoisotopic (exact) mass is 175 g/mol. The summed E-state index contributed by atoms with van der Waals surface area (Å²) >= 11 is 0. The average Bonchev–Trinajstić information content (AvgIpc) is 2.24. The fraction of sp³-hybridized carbons (Fsp3) is 0.700. The Morgan fingerprint density at radius 2 is 2.46 bits per heavy atom. The minimum Gasteiger partial charge on any atom is -0.465 e. The van der Waals surface area contributed by atoms with Crippen LogP contribution >= 0.6 is 0 Å². The van der Waals surface area contributed by atoms with E-state index in [1.165, 1.54) is 24.1 Å². The molecule has 1 aliphatic heterocycles. The van der Waals surface area contributed by atoms with Crippen molar-refractivity contribution in [2.24, 2.45) is 23.2 Å². The number of amides is 1. The van der Waals surface area contributed by atoms with Crippen molar-refractivity contribution in [3.63, 3.8) is 0 Å². The summed E-state index contributed by atoms with van der Waals surface area (Å²) in [4.78, 5) is 12.7. The van der Waals surface area contributed by atoms with Crippen molar-refractivity contribution in [3.8, 4) is 0 Å². The Labute approximate surface area is 75.0 Å². The molecule has 3 saturated carbocycles. The van der Waals surface area contributed by atoms with Crippen LogP contribution in [0.4, 0.5) is 4.79 Å². The zero-order chi connectivity index (χ0) is 8.53. The first-order chi connectivity index (χ1) is 6.29. The first kappa shape index (κ1) is 5.68. The van der Waals surface area contributed by atoms with E-state index in [0.717, 1.165) is 11.8 Å². The molecule has 0 bridgehead atoms. The van der Waals surface area contributed by atoms with Gasteiger partial charge in [-0.25, -0.2) is 4.79 Å². The summed E-state index contributed by atoms with van der Waals surface area (Å²) in [6, 6.07) is 0.406. The summed E-state index contributed by atoms with van der Waals surface area (Å²) in [7, 11) is 0. The third-order valence-electron chi connectivity index (χ3n) is 5.31. The highest BCUT2D eigenvalue weighted by Crippen LogP contribution is 2.96. The Hall–Kier alpha value is -0.990. The molecule has 3 nitrogen and oxygen atoms in total. The molecule has 13 heavy (non-hydrogen) atoms. The van der Waals surface area contributed by atoms with Crippen LogP contribution in [0.3, 0.4) is 0 Å². The summed E-state index contributed by atoms with van der Waals surface area (Å²) in [5, 5.41) is 9.09. The van der Waals surface area contributed by atoms with Gasteiger partial charge < -0.3 is 5.11 Å². The molecular formula is C10H9NO2. The molecule has 1 N–H and O–H groups in total. The van der Waals surface area contributed by atoms with Gasteiger partial charge >= 0.3 is 6.09 Å². The highest BCUT2D eigenvalue weighted by molar-refractivity contribution is 5.79. The van der Waals surface area contributed by atoms with Gasteiger partial charge in [-0.05, 0) is 30.3 Å². The first-order valence-corrected chi connectivity index (χ1v) is 5.05. The van der Waals surface area contributed by atoms with Gasteiger partial charge in [0.2, 0.25) is 0 Å². The van der Waals surface area contributed by atoms with Crippen molar-refractivity contribution < 1.29 is 9.90 Å². The van der Waals surface area contributed by atoms with Crippen LogP contribution in [0.1, 0.15) is 12.8 Å². The molecule has 0 aromatic rings. The molecule has 1 amide bonds. The van der Waals surface area contributed by atoms with E-state index in [0.29, 0.717) is 17.4 Å². The third-order valence-corrected chi connectivity index (χ3v) is 5.31. The van der Waals surface area contributed by atoms with Crippen LogP contribution in [0.25, 0.3) is 0 Å². The van der Waals surface area contributed by atoms with Crippen LogP contribution in [0.5, 0.6) is 0 Å². The summed E-state index contributed by atoms with van der Waals surface area (Å²) in [6.45, 7) is 0. The zero-order valence-electron chi connectivity index (χ0n) is 7.03. The predicted molar refractivity (Wildman–Crippen MR) is 42.8 cm³/mol. The van der Waals surface area contributed by atoms with E-state index in [-0.39, 0.29) is 0 Å². The summed E-state index contributed by atoms with van der Waals surface area (Å²) in [5.41, 5.74) is 3.39. The number of nitrogens with zero attached hydrogens (tertiary/aromatic N) is 1. The number of fused-ring (bicyclic) bond motifs is 1. The fourth-order valence-corrected chi connectivity index (χ4v) is 5.23. The molecule has 0 radical (unpaired) electrons. The second kappa shape index (κ2) is 1.15. The number of allylic oxidation sites excluding steroid dienone is 2. The van der Waals surface area contributed by atoms with Crippen LogP contribution in [0.15, 0.2) is 11.3 Å². The van der Waals surface area contributed by atoms with Gasteiger partial charge in [0.1, 0.15) is 0 Å². The topological polar surface area (TPSA) is 40.5 Å². The molecule has 5 atom stereocenters. The molecule has 4 aliphatic carbocycles. The van der Waals surface area contributed by atoms with Gasteiger partial charge in [0.05, 0.1) is 0 Å². The molecular weight excluding hydrogens is 166 g/mol. The second-order valence-corrected chi connectivity index (χ2v) is 5.09. The van der Waals surface area contributed by atoms with Gasteiger partial charge in [0, 0.05) is 23.1 Å². The molecule has 0 aromatic carbocycles. The maximum absolute atomic E-state index is 11.0. The van der Waals surface area contributed by atoms with Crippen molar-refractivity contribution in [2.45, 2.75) is 18.9 Å². The highest BCUT2D eigenvalue weighted by atomic mass is 16.4. The van der Waals surface area contributed by atoms with Gasteiger partial charge in [-0.15, -0.1) is 0 Å². The maximum atomic E-state index is 11.0. The first-order valence-electron chi connectivity index (χ1n) is 5.05. The standard InChI is InChI=1S/C10H9NO2/c12-9(13)11-7-3-1-2-4-8(11)6-5(7)10(3,4)6/h3,5-7H,1-2H2,(H,12,13). The smallest absolute Gasteiger partial charge is 0.411 e. The SMILES string of the molecule is O=C(O)N1C2=C3CCC4C1C1C2C341. The van der Waals surface area contributed by atoms with Gasteiger partial charge in [-0.2, -0.15) is 0 Å². The van der Waals surface area contributed by atoms with E-state index in [9.17, 15) is 4.79 Å². The lowest BCUT2D eigenvalue weighted by molar-refractivity contribution is 0.0201. The second-order valence-electron chi connectivity index (χ2n) is 5.09. The lowest BCUT2D eigenvalue weighted by Gasteiger charge is -2.53. The van der Waals surface area contributed by atoms with Gasteiger partial charge in [-0.3, -0.25) is 4.90 Å². The molecule has 0 aromatic heterocycles. The van der Waals surface area contributed by atoms with Crippen molar-refractivity contribution >= 4 is 6.09 Å². The average molecular weight is 175 g/mol. The number of piperidine rings is 2. The number of carboxylic acid groups (broad SMARTS) is 1. The van der Waals surface area contributed by atoms with Gasteiger partial charge in [-0.1, -0.05) is 0 Å². The zero-order valence-corrected chi connectivity index (χ0v) is 7.03. The minimum absolute atomic E-state index is 0.406. The van der Waals surface area contributed by atoms with E-state index >= 15 is 0 Å². The minimum atomic E-state index is -0.704. The fourth-order valence-electron chi connectivity index (χ4n) is 5.23. The van der Waals surface area contributed by atoms with Crippen molar-refractivity contribution in [3.05, 3.63) is 11.3 Å². The third kappa shape index (κ3) is 0.266. The molecule has 3 heteroatoms. The van der Waals surface area contributed by atoms with Crippen LogP contribution in [-0.4, -0.2) is 22.1 Å². The van der Waals surface area contributed by atoms with E-state index in [4.69, 9.17) is 5.11 Å². The normalized spacial score (nSPS) is 61.7. The number of hydrogen-bond acceptors (Lipinski definition) is 1. The van der Waals surface area contributed by atoms with Crippen LogP contribution in [0, 0.1) is 23.2 Å². The lowest BCUT2D eigenvalue weighted by atomic mass is 9.62. The lowest BCUT2D eigenvalue weighted by Crippen LogP contribution is -2.59. The Morgan fingerprint density at radius 3 is 3.08 bits per heavy atom. The Morgan fingerprint density at radius 1 is 1.62 bits per heavy atom. The van der Waals surface area contributed by atoms with Gasteiger partial charge in [0.15, 0.2) is 0 Å². The quantitative estimate of drug-likeness (QED) is 0.602. The molecule has 1 heterocycles. The van der Waals surface area contributed by atoms with E-state index in [2.05, 4.69) is 0 Å². The molecule has 4 fully saturated rings. The summed E-state index contributed by atoms with van der Waals surface area (Å²) < 4.78 is 0. The number of hydrogen-bond donors (Lipinski definition) is 1. The van der Waals surface area contributed by atoms with Crippen LogP contribution in [0.2, 0.25) is 0 Å². The van der Waals surface area contributed by atoms with E-state index in [1.54, 1.807) is 4.90 Å². The molecule has 1 spiro atoms. The molecule has 1 saturated heterocycles. The Kier molecular flexibility index (Phi) is 0.501. The Bertz CT molecular complexity index is 427. The summed E-state index contributed by atoms with van der Waals surface area (Å²) in [6.07, 6.45) is 1.76. The van der Waals surface area contributed by atoms with Crippen molar-refractivity contribution in [2.75, 3.05) is 0 Å². The maximum Gasteiger partial charge on any atom is 0.411 e. The molecule has 5 aliphatic rings. The van der Waals surface area contributed by atoms with Gasteiger partial charge in [0.25, 0.3) is 0 Å². The number of likely N-dealkylation sites (tertiary alicyclic amines) is 1.